The van der Waals surface area contributed by atoms with Crippen molar-refractivity contribution in [1.82, 2.24) is 4.90 Å². The molecule has 21 heavy (non-hydrogen) atoms. The Hall–Kier alpha value is -1.53. The highest BCUT2D eigenvalue weighted by molar-refractivity contribution is 6.83. The molecule has 0 aliphatic carbocycles. The van der Waals surface area contributed by atoms with Crippen molar-refractivity contribution >= 4 is 14.0 Å². The summed E-state index contributed by atoms with van der Waals surface area (Å²) in [5, 5.41) is 0. The monoisotopic (exact) mass is 297 g/mol. The zero-order valence-corrected chi connectivity index (χ0v) is 14.2. The largest absolute Gasteiger partial charge is 0.328 e. The Kier molecular flexibility index (Phi) is 3.45. The number of amides is 1. The third kappa shape index (κ3) is 2.42. The van der Waals surface area contributed by atoms with E-state index >= 15 is 0 Å². The molecule has 1 amide bonds. The van der Waals surface area contributed by atoms with Crippen molar-refractivity contribution in [2.24, 2.45) is 0 Å². The second kappa shape index (κ2) is 5.03. The van der Waals surface area contributed by atoms with Gasteiger partial charge in [-0.3, -0.25) is 4.79 Å². The molecular formula is C18H23NOSi. The van der Waals surface area contributed by atoms with E-state index in [0.717, 1.165) is 31.4 Å². The highest BCUT2D eigenvalue weighted by Crippen LogP contribution is 2.47. The first-order valence-corrected chi connectivity index (χ1v) is 11.4. The molecular weight excluding hydrogens is 274 g/mol. The van der Waals surface area contributed by atoms with E-state index in [2.05, 4.69) is 48.1 Å². The van der Waals surface area contributed by atoms with Gasteiger partial charge in [-0.25, -0.2) is 0 Å². The van der Waals surface area contributed by atoms with Crippen LogP contribution in [0.4, 0.5) is 0 Å². The van der Waals surface area contributed by atoms with Crippen molar-refractivity contribution in [3.63, 3.8) is 0 Å². The van der Waals surface area contributed by atoms with E-state index in [9.17, 15) is 4.79 Å². The van der Waals surface area contributed by atoms with E-state index in [4.69, 9.17) is 0 Å². The molecule has 0 radical (unpaired) electrons. The average Bonchev–Trinajstić information content (AvgIpc) is 2.69. The first-order chi connectivity index (χ1) is 9.94. The molecule has 1 saturated heterocycles. The number of fused-ring (bicyclic) bond motifs is 3. The minimum Gasteiger partial charge on any atom is -0.328 e. The smallest absolute Gasteiger partial charge is 0.254 e. The molecule has 1 unspecified atom stereocenters. The van der Waals surface area contributed by atoms with Crippen LogP contribution in [-0.2, 0) is 5.54 Å². The van der Waals surface area contributed by atoms with Crippen LogP contribution < -0.4 is 0 Å². The van der Waals surface area contributed by atoms with Gasteiger partial charge in [-0.05, 0) is 30.9 Å². The van der Waals surface area contributed by atoms with E-state index in [1.165, 1.54) is 12.0 Å². The average molecular weight is 297 g/mol. The van der Waals surface area contributed by atoms with Gasteiger partial charge < -0.3 is 4.90 Å². The van der Waals surface area contributed by atoms with Crippen molar-refractivity contribution in [3.8, 4) is 11.5 Å². The first kappa shape index (κ1) is 14.4. The maximum atomic E-state index is 12.7. The topological polar surface area (TPSA) is 20.3 Å². The third-order valence-electron chi connectivity index (χ3n) is 4.49. The Labute approximate surface area is 128 Å². The van der Waals surface area contributed by atoms with Crippen LogP contribution in [0.3, 0.4) is 0 Å². The molecule has 3 rings (SSSR count). The molecule has 1 atom stereocenters. The molecule has 3 heteroatoms. The number of carbonyl (C=O) groups excluding carboxylic acids is 1. The highest BCUT2D eigenvalue weighted by atomic mass is 28.3. The van der Waals surface area contributed by atoms with Gasteiger partial charge in [-0.15, -0.1) is 11.5 Å². The van der Waals surface area contributed by atoms with Crippen LogP contribution in [0.25, 0.3) is 0 Å². The maximum Gasteiger partial charge on any atom is 0.254 e. The maximum absolute atomic E-state index is 12.7. The summed E-state index contributed by atoms with van der Waals surface area (Å²) in [5.41, 5.74) is 5.42. The molecule has 1 aromatic rings. The van der Waals surface area contributed by atoms with E-state index in [1.807, 2.05) is 12.1 Å². The molecule has 0 saturated carbocycles. The molecule has 0 N–H and O–H groups in total. The predicted octanol–water partition coefficient (Wildman–Crippen LogP) is 3.79. The predicted molar refractivity (Wildman–Crippen MR) is 88.7 cm³/mol. The molecule has 0 bridgehead atoms. The molecule has 1 aromatic carbocycles. The van der Waals surface area contributed by atoms with Gasteiger partial charge in [-0.2, -0.15) is 0 Å². The molecule has 2 aliphatic rings. The van der Waals surface area contributed by atoms with Gasteiger partial charge in [0.05, 0.1) is 5.54 Å². The van der Waals surface area contributed by atoms with Crippen LogP contribution in [-0.4, -0.2) is 25.4 Å². The van der Waals surface area contributed by atoms with Crippen LogP contribution >= 0.6 is 0 Å². The van der Waals surface area contributed by atoms with Crippen molar-refractivity contribution in [1.29, 1.82) is 0 Å². The normalized spacial score (nSPS) is 24.1. The number of nitrogens with zero attached hydrogens (tertiary/aromatic N) is 1. The Morgan fingerprint density at radius 2 is 2.00 bits per heavy atom. The van der Waals surface area contributed by atoms with Crippen LogP contribution in [0.15, 0.2) is 24.3 Å². The third-order valence-corrected chi connectivity index (χ3v) is 5.41. The van der Waals surface area contributed by atoms with Crippen LogP contribution in [0, 0.1) is 11.5 Å². The molecule has 2 aliphatic heterocycles. The van der Waals surface area contributed by atoms with Crippen LogP contribution in [0.1, 0.15) is 41.6 Å². The SMILES string of the molecule is C[Si](C)(C)C#CCC12CCCCN1C(=O)c1ccccc12. The van der Waals surface area contributed by atoms with Gasteiger partial charge >= 0.3 is 0 Å². The summed E-state index contributed by atoms with van der Waals surface area (Å²) in [6.07, 6.45) is 4.14. The quantitative estimate of drug-likeness (QED) is 0.570. The lowest BCUT2D eigenvalue weighted by Gasteiger charge is -2.42. The number of carbonyl (C=O) groups is 1. The summed E-state index contributed by atoms with van der Waals surface area (Å²) >= 11 is 0. The zero-order chi connectivity index (χ0) is 15.1. The minimum atomic E-state index is -1.36. The van der Waals surface area contributed by atoms with Gasteiger partial charge in [0.2, 0.25) is 0 Å². The van der Waals surface area contributed by atoms with Crippen LogP contribution in [0.5, 0.6) is 0 Å². The van der Waals surface area contributed by atoms with Crippen molar-refractivity contribution in [2.45, 2.75) is 50.9 Å². The van der Waals surface area contributed by atoms with Gasteiger partial charge in [0.1, 0.15) is 8.07 Å². The first-order valence-electron chi connectivity index (χ1n) is 7.86. The fourth-order valence-corrected chi connectivity index (χ4v) is 4.19. The number of hydrogen-bond donors (Lipinski definition) is 0. The minimum absolute atomic E-state index is 0.154. The molecule has 0 spiro atoms. The summed E-state index contributed by atoms with van der Waals surface area (Å²) < 4.78 is 0. The Morgan fingerprint density at radius 3 is 2.76 bits per heavy atom. The lowest BCUT2D eigenvalue weighted by Crippen LogP contribution is -2.47. The second-order valence-corrected chi connectivity index (χ2v) is 12.0. The zero-order valence-electron chi connectivity index (χ0n) is 13.2. The number of benzene rings is 1. The molecule has 110 valence electrons. The highest BCUT2D eigenvalue weighted by Gasteiger charge is 2.49. The Balaban J connectivity index is 2.03. The number of rotatable bonds is 1. The molecule has 1 fully saturated rings. The van der Waals surface area contributed by atoms with E-state index in [1.54, 1.807) is 0 Å². The Morgan fingerprint density at radius 1 is 1.24 bits per heavy atom. The number of hydrogen-bond acceptors (Lipinski definition) is 1. The van der Waals surface area contributed by atoms with E-state index < -0.39 is 8.07 Å². The van der Waals surface area contributed by atoms with Crippen molar-refractivity contribution in [2.75, 3.05) is 6.54 Å². The lowest BCUT2D eigenvalue weighted by molar-refractivity contribution is 0.0418. The molecule has 2 heterocycles. The summed E-state index contributed by atoms with van der Waals surface area (Å²) in [6, 6.07) is 8.13. The summed E-state index contributed by atoms with van der Waals surface area (Å²) in [6.45, 7) is 7.68. The lowest BCUT2D eigenvalue weighted by atomic mass is 9.80. The van der Waals surface area contributed by atoms with E-state index in [-0.39, 0.29) is 11.4 Å². The van der Waals surface area contributed by atoms with Gasteiger partial charge in [0.25, 0.3) is 5.91 Å². The van der Waals surface area contributed by atoms with E-state index in [0.29, 0.717) is 0 Å². The van der Waals surface area contributed by atoms with Gasteiger partial charge in [-0.1, -0.05) is 37.8 Å². The second-order valence-electron chi connectivity index (χ2n) is 7.22. The number of piperidine rings is 1. The van der Waals surface area contributed by atoms with Crippen LogP contribution in [0.2, 0.25) is 19.6 Å². The van der Waals surface area contributed by atoms with Gasteiger partial charge in [0, 0.05) is 18.5 Å². The van der Waals surface area contributed by atoms with Crippen molar-refractivity contribution < 1.29 is 4.79 Å². The van der Waals surface area contributed by atoms with Crippen molar-refractivity contribution in [3.05, 3.63) is 35.4 Å². The fraction of sp³-hybridized carbons (Fsp3) is 0.500. The Bertz CT molecular complexity index is 635. The van der Waals surface area contributed by atoms with Gasteiger partial charge in [0.15, 0.2) is 0 Å². The summed E-state index contributed by atoms with van der Waals surface area (Å²) in [7, 11) is -1.36. The molecule has 2 nitrogen and oxygen atoms in total. The fourth-order valence-electron chi connectivity index (χ4n) is 3.57. The summed E-state index contributed by atoms with van der Waals surface area (Å²) in [5.74, 6) is 3.64. The standard InChI is InChI=1S/C18H23NOSi/c1-21(2,3)14-8-12-18-11-6-7-13-19(18)17(20)15-9-4-5-10-16(15)18/h4-5,9-10H,6-7,11-13H2,1-3H3. The molecule has 0 aromatic heterocycles. The summed E-state index contributed by atoms with van der Waals surface area (Å²) in [4.78, 5) is 14.8.